The molecule has 0 fully saturated rings. The highest BCUT2D eigenvalue weighted by atomic mass is 16.2. The molecule has 21 heavy (non-hydrogen) atoms. The van der Waals surface area contributed by atoms with Crippen molar-refractivity contribution in [3.8, 4) is 0 Å². The molecule has 0 saturated heterocycles. The third kappa shape index (κ3) is 2.70. The quantitative estimate of drug-likeness (QED) is 0.765. The molecule has 0 aliphatic rings. The Labute approximate surface area is 124 Å². The minimum Gasteiger partial charge on any atom is -0.359 e. The Hall–Kier alpha value is -2.49. The predicted molar refractivity (Wildman–Crippen MR) is 85.4 cm³/mol. The van der Waals surface area contributed by atoms with Crippen molar-refractivity contribution >= 4 is 22.5 Å². The zero-order chi connectivity index (χ0) is 14.7. The highest BCUT2D eigenvalue weighted by Crippen LogP contribution is 2.27. The maximum atomic E-state index is 12.3. The second-order valence-electron chi connectivity index (χ2n) is 5.04. The molecular weight excluding hydrogens is 262 g/mol. The topological polar surface area (TPSA) is 41.0 Å². The molecule has 4 heteroatoms. The van der Waals surface area contributed by atoms with Crippen molar-refractivity contribution in [1.29, 1.82) is 0 Å². The summed E-state index contributed by atoms with van der Waals surface area (Å²) in [5.41, 5.74) is 2.02. The van der Waals surface area contributed by atoms with Crippen molar-refractivity contribution in [2.75, 3.05) is 11.4 Å². The summed E-state index contributed by atoms with van der Waals surface area (Å²) in [7, 11) is 0. The fourth-order valence-electron chi connectivity index (χ4n) is 2.58. The van der Waals surface area contributed by atoms with Gasteiger partial charge in [-0.05, 0) is 18.2 Å². The van der Waals surface area contributed by atoms with E-state index in [1.165, 1.54) is 0 Å². The van der Waals surface area contributed by atoms with Crippen LogP contribution in [-0.2, 0) is 11.3 Å². The van der Waals surface area contributed by atoms with Gasteiger partial charge in [0.1, 0.15) is 0 Å². The van der Waals surface area contributed by atoms with Gasteiger partial charge in [-0.1, -0.05) is 25.1 Å². The van der Waals surface area contributed by atoms with Crippen LogP contribution in [0, 0.1) is 0 Å². The number of nitrogens with zero attached hydrogens (tertiary/aromatic N) is 2. The predicted octanol–water partition coefficient (Wildman–Crippen LogP) is 3.41. The van der Waals surface area contributed by atoms with Crippen molar-refractivity contribution in [2.45, 2.75) is 19.9 Å². The number of rotatable bonds is 5. The molecule has 0 bridgehead atoms. The number of carbonyl (C=O) groups is 1. The SMILES string of the molecule is CCC(=O)N(CCn1cccc1)c1c[nH]c2ccccc12. The van der Waals surface area contributed by atoms with Gasteiger partial charge in [0.25, 0.3) is 0 Å². The van der Waals surface area contributed by atoms with E-state index in [2.05, 4.69) is 9.55 Å². The molecule has 1 amide bonds. The van der Waals surface area contributed by atoms with Gasteiger partial charge in [-0.2, -0.15) is 0 Å². The Kier molecular flexibility index (Phi) is 3.77. The molecule has 0 spiro atoms. The maximum Gasteiger partial charge on any atom is 0.226 e. The van der Waals surface area contributed by atoms with Crippen LogP contribution in [0.25, 0.3) is 10.9 Å². The molecule has 0 unspecified atom stereocenters. The molecule has 3 aromatic rings. The molecule has 0 atom stereocenters. The van der Waals surface area contributed by atoms with Crippen LogP contribution in [0.3, 0.4) is 0 Å². The number of para-hydroxylation sites is 1. The third-order valence-corrected chi connectivity index (χ3v) is 3.71. The van der Waals surface area contributed by atoms with Crippen LogP contribution in [0.1, 0.15) is 13.3 Å². The van der Waals surface area contributed by atoms with Crippen LogP contribution in [0.2, 0.25) is 0 Å². The monoisotopic (exact) mass is 281 g/mol. The van der Waals surface area contributed by atoms with Crippen molar-refractivity contribution < 1.29 is 4.79 Å². The Morgan fingerprint density at radius 1 is 1.19 bits per heavy atom. The number of fused-ring (bicyclic) bond motifs is 1. The minimum atomic E-state index is 0.145. The van der Waals surface area contributed by atoms with Gasteiger partial charge >= 0.3 is 0 Å². The first-order chi connectivity index (χ1) is 10.3. The molecule has 4 nitrogen and oxygen atoms in total. The van der Waals surface area contributed by atoms with E-state index < -0.39 is 0 Å². The van der Waals surface area contributed by atoms with Gasteiger partial charge in [0.15, 0.2) is 0 Å². The van der Waals surface area contributed by atoms with E-state index in [0.717, 1.165) is 23.1 Å². The van der Waals surface area contributed by atoms with E-state index in [4.69, 9.17) is 0 Å². The fraction of sp³-hybridized carbons (Fsp3) is 0.235. The van der Waals surface area contributed by atoms with E-state index >= 15 is 0 Å². The number of aromatic nitrogens is 2. The number of anilines is 1. The summed E-state index contributed by atoms with van der Waals surface area (Å²) in [5.74, 6) is 0.145. The number of benzene rings is 1. The lowest BCUT2D eigenvalue weighted by Gasteiger charge is -2.22. The van der Waals surface area contributed by atoms with E-state index in [0.29, 0.717) is 13.0 Å². The van der Waals surface area contributed by atoms with E-state index in [1.807, 2.05) is 66.8 Å². The first kappa shape index (κ1) is 13.5. The van der Waals surface area contributed by atoms with Gasteiger partial charge in [0.05, 0.1) is 5.69 Å². The first-order valence-corrected chi connectivity index (χ1v) is 7.27. The van der Waals surface area contributed by atoms with Gasteiger partial charge < -0.3 is 14.5 Å². The zero-order valence-corrected chi connectivity index (χ0v) is 12.1. The van der Waals surface area contributed by atoms with Gasteiger partial charge in [-0.3, -0.25) is 4.79 Å². The number of carbonyl (C=O) groups excluding carboxylic acids is 1. The number of nitrogens with one attached hydrogen (secondary N) is 1. The summed E-state index contributed by atoms with van der Waals surface area (Å²) in [6, 6.07) is 12.1. The highest BCUT2D eigenvalue weighted by Gasteiger charge is 2.17. The number of hydrogen-bond acceptors (Lipinski definition) is 1. The van der Waals surface area contributed by atoms with Gasteiger partial charge in [0, 0.05) is 49.0 Å². The summed E-state index contributed by atoms with van der Waals surface area (Å²) in [6.07, 6.45) is 6.47. The molecule has 0 radical (unpaired) electrons. The normalized spacial score (nSPS) is 10.9. The number of amides is 1. The molecule has 108 valence electrons. The standard InChI is InChI=1S/C17H19N3O/c1-2-17(21)20(12-11-19-9-5-6-10-19)16-13-18-15-8-4-3-7-14(15)16/h3-10,13,18H,2,11-12H2,1H3. The van der Waals surface area contributed by atoms with Crippen molar-refractivity contribution in [2.24, 2.45) is 0 Å². The lowest BCUT2D eigenvalue weighted by atomic mass is 10.2. The number of H-pyrrole nitrogens is 1. The Bertz CT molecular complexity index is 727. The van der Waals surface area contributed by atoms with Crippen LogP contribution >= 0.6 is 0 Å². The second-order valence-corrected chi connectivity index (χ2v) is 5.04. The smallest absolute Gasteiger partial charge is 0.226 e. The molecule has 2 aromatic heterocycles. The molecule has 2 heterocycles. The second kappa shape index (κ2) is 5.87. The summed E-state index contributed by atoms with van der Waals surface area (Å²) in [4.78, 5) is 17.4. The minimum absolute atomic E-state index is 0.145. The van der Waals surface area contributed by atoms with Crippen LogP contribution in [0.5, 0.6) is 0 Å². The average Bonchev–Trinajstić information content (AvgIpc) is 3.17. The molecule has 1 aromatic carbocycles. The van der Waals surface area contributed by atoms with E-state index in [9.17, 15) is 4.79 Å². The van der Waals surface area contributed by atoms with E-state index in [-0.39, 0.29) is 5.91 Å². The highest BCUT2D eigenvalue weighted by molar-refractivity contribution is 6.03. The molecular formula is C17H19N3O. The third-order valence-electron chi connectivity index (χ3n) is 3.71. The Balaban J connectivity index is 1.89. The lowest BCUT2D eigenvalue weighted by molar-refractivity contribution is -0.118. The van der Waals surface area contributed by atoms with Crippen LogP contribution < -0.4 is 4.90 Å². The fourth-order valence-corrected chi connectivity index (χ4v) is 2.58. The Morgan fingerprint density at radius 3 is 2.71 bits per heavy atom. The van der Waals surface area contributed by atoms with Gasteiger partial charge in [-0.25, -0.2) is 0 Å². The first-order valence-electron chi connectivity index (χ1n) is 7.27. The number of hydrogen-bond donors (Lipinski definition) is 1. The summed E-state index contributed by atoms with van der Waals surface area (Å²) < 4.78 is 2.09. The molecule has 0 aliphatic heterocycles. The molecule has 0 saturated carbocycles. The summed E-state index contributed by atoms with van der Waals surface area (Å²) >= 11 is 0. The average molecular weight is 281 g/mol. The number of aromatic amines is 1. The molecule has 0 aliphatic carbocycles. The van der Waals surface area contributed by atoms with Gasteiger partial charge in [0.2, 0.25) is 5.91 Å². The zero-order valence-electron chi connectivity index (χ0n) is 12.1. The molecule has 1 N–H and O–H groups in total. The van der Waals surface area contributed by atoms with Crippen LogP contribution in [0.15, 0.2) is 55.0 Å². The summed E-state index contributed by atoms with van der Waals surface area (Å²) in [6.45, 7) is 3.36. The van der Waals surface area contributed by atoms with Crippen molar-refractivity contribution in [3.63, 3.8) is 0 Å². The van der Waals surface area contributed by atoms with Crippen molar-refractivity contribution in [3.05, 3.63) is 55.0 Å². The van der Waals surface area contributed by atoms with Gasteiger partial charge in [-0.15, -0.1) is 0 Å². The van der Waals surface area contributed by atoms with E-state index in [1.54, 1.807) is 0 Å². The van der Waals surface area contributed by atoms with Crippen molar-refractivity contribution in [1.82, 2.24) is 9.55 Å². The molecule has 3 rings (SSSR count). The maximum absolute atomic E-state index is 12.3. The summed E-state index contributed by atoms with van der Waals surface area (Å²) in [5, 5.41) is 1.09. The Morgan fingerprint density at radius 2 is 1.95 bits per heavy atom. The van der Waals surface area contributed by atoms with Crippen LogP contribution in [0.4, 0.5) is 5.69 Å². The lowest BCUT2D eigenvalue weighted by Crippen LogP contribution is -2.33. The largest absolute Gasteiger partial charge is 0.359 e. The van der Waals surface area contributed by atoms with Crippen LogP contribution in [-0.4, -0.2) is 22.0 Å².